The quantitative estimate of drug-likeness (QED) is 0.774. The Bertz CT molecular complexity index is 532. The van der Waals surface area contributed by atoms with E-state index in [0.717, 1.165) is 17.3 Å². The van der Waals surface area contributed by atoms with Crippen molar-refractivity contribution < 1.29 is 0 Å². The topological polar surface area (TPSA) is 12.0 Å². The number of hydrogen-bond donors (Lipinski definition) is 1. The molecule has 0 saturated carbocycles. The molecule has 2 unspecified atom stereocenters. The highest BCUT2D eigenvalue weighted by Gasteiger charge is 2.10. The summed E-state index contributed by atoms with van der Waals surface area (Å²) in [4.78, 5) is 2.87. The Kier molecular flexibility index (Phi) is 5.82. The van der Waals surface area contributed by atoms with Gasteiger partial charge in [0.2, 0.25) is 0 Å². The van der Waals surface area contributed by atoms with Gasteiger partial charge < -0.3 is 5.32 Å². The summed E-state index contributed by atoms with van der Waals surface area (Å²) in [5.41, 5.74) is 1.38. The van der Waals surface area contributed by atoms with Crippen molar-refractivity contribution in [2.45, 2.75) is 45.7 Å². The Morgan fingerprint density at radius 2 is 1.65 bits per heavy atom. The minimum Gasteiger partial charge on any atom is -0.311 e. The van der Waals surface area contributed by atoms with Crippen molar-refractivity contribution in [3.63, 3.8) is 0 Å². The maximum absolute atomic E-state index is 3.70. The highest BCUT2D eigenvalue weighted by molar-refractivity contribution is 9.10. The molecule has 1 nitrogen and oxygen atoms in total. The lowest BCUT2D eigenvalue weighted by Crippen LogP contribution is -2.37. The van der Waals surface area contributed by atoms with Crippen molar-refractivity contribution in [1.82, 2.24) is 5.32 Å². The second-order valence-corrected chi connectivity index (χ2v) is 7.80. The van der Waals surface area contributed by atoms with E-state index in [4.69, 9.17) is 0 Å². The van der Waals surface area contributed by atoms with E-state index in [1.807, 2.05) is 11.3 Å². The van der Waals surface area contributed by atoms with Crippen molar-refractivity contribution >= 4 is 27.3 Å². The first-order valence-corrected chi connectivity index (χ1v) is 8.69. The molecule has 108 valence electrons. The third-order valence-corrected chi connectivity index (χ3v) is 4.88. The lowest BCUT2D eigenvalue weighted by Gasteiger charge is -2.19. The third-order valence-electron chi connectivity index (χ3n) is 3.33. The molecule has 0 aliphatic heterocycles. The van der Waals surface area contributed by atoms with Crippen LogP contribution in [0.2, 0.25) is 0 Å². The predicted molar refractivity (Wildman–Crippen MR) is 92.7 cm³/mol. The van der Waals surface area contributed by atoms with Crippen LogP contribution >= 0.6 is 27.3 Å². The fourth-order valence-corrected chi connectivity index (χ4v) is 3.76. The van der Waals surface area contributed by atoms with Gasteiger partial charge in [0.1, 0.15) is 0 Å². The molecule has 3 heteroatoms. The van der Waals surface area contributed by atoms with Crippen molar-refractivity contribution in [3.05, 3.63) is 56.2 Å². The van der Waals surface area contributed by atoms with Crippen molar-refractivity contribution in [1.29, 1.82) is 0 Å². The highest BCUT2D eigenvalue weighted by atomic mass is 79.9. The first-order valence-electron chi connectivity index (χ1n) is 7.08. The summed E-state index contributed by atoms with van der Waals surface area (Å²) in [6, 6.07) is 14.1. The second-order valence-electron chi connectivity index (χ2n) is 5.52. The zero-order chi connectivity index (χ0) is 14.5. The molecule has 2 rings (SSSR count). The number of thiophene rings is 1. The van der Waals surface area contributed by atoms with E-state index in [1.54, 1.807) is 0 Å². The first-order chi connectivity index (χ1) is 9.52. The Balaban J connectivity index is 1.81. The van der Waals surface area contributed by atoms with E-state index in [9.17, 15) is 0 Å². The van der Waals surface area contributed by atoms with E-state index in [-0.39, 0.29) is 0 Å². The first kappa shape index (κ1) is 15.7. The van der Waals surface area contributed by atoms with Crippen LogP contribution in [-0.4, -0.2) is 12.1 Å². The summed E-state index contributed by atoms with van der Waals surface area (Å²) in [6.07, 6.45) is 2.18. The van der Waals surface area contributed by atoms with Crippen LogP contribution in [0, 0.1) is 6.92 Å². The van der Waals surface area contributed by atoms with E-state index in [2.05, 4.69) is 78.4 Å². The van der Waals surface area contributed by atoms with Crippen LogP contribution in [0.5, 0.6) is 0 Å². The van der Waals surface area contributed by atoms with Gasteiger partial charge in [0.25, 0.3) is 0 Å². The highest BCUT2D eigenvalue weighted by Crippen LogP contribution is 2.17. The number of halogens is 1. The fraction of sp³-hybridized carbons (Fsp3) is 0.412. The molecule has 2 atom stereocenters. The Morgan fingerprint density at radius 1 is 1.00 bits per heavy atom. The maximum Gasteiger partial charge on any atom is 0.0175 e. The molecule has 20 heavy (non-hydrogen) atoms. The average Bonchev–Trinajstić information content (AvgIpc) is 2.77. The lowest BCUT2D eigenvalue weighted by molar-refractivity contribution is 0.464. The predicted octanol–water partition coefficient (Wildman–Crippen LogP) is 4.97. The molecule has 0 fully saturated rings. The maximum atomic E-state index is 3.70. The van der Waals surface area contributed by atoms with Crippen LogP contribution in [0.25, 0.3) is 0 Å². The zero-order valence-electron chi connectivity index (χ0n) is 12.3. The molecular weight excluding hydrogens is 330 g/mol. The number of benzene rings is 1. The van der Waals surface area contributed by atoms with Crippen LogP contribution in [0.3, 0.4) is 0 Å². The summed E-state index contributed by atoms with van der Waals surface area (Å²) < 4.78 is 1.14. The number of aryl methyl sites for hydroxylation is 1. The molecule has 1 aromatic heterocycles. The van der Waals surface area contributed by atoms with Gasteiger partial charge in [0.15, 0.2) is 0 Å². The van der Waals surface area contributed by atoms with Gasteiger partial charge in [-0.25, -0.2) is 0 Å². The Labute approximate surface area is 134 Å². The summed E-state index contributed by atoms with van der Waals surface area (Å²) in [6.45, 7) is 6.70. The van der Waals surface area contributed by atoms with Crippen molar-refractivity contribution in [2.24, 2.45) is 0 Å². The molecule has 1 aromatic carbocycles. The van der Waals surface area contributed by atoms with Crippen LogP contribution in [0.4, 0.5) is 0 Å². The van der Waals surface area contributed by atoms with E-state index in [0.29, 0.717) is 12.1 Å². The molecule has 0 amide bonds. The van der Waals surface area contributed by atoms with Crippen LogP contribution < -0.4 is 5.32 Å². The SMILES string of the molecule is Cc1ccc(CC(C)NC(C)Cc2ccc(Br)cc2)s1. The summed E-state index contributed by atoms with van der Waals surface area (Å²) >= 11 is 5.38. The van der Waals surface area contributed by atoms with E-state index < -0.39 is 0 Å². The van der Waals surface area contributed by atoms with Gasteiger partial charge in [-0.05, 0) is 63.4 Å². The van der Waals surface area contributed by atoms with Crippen molar-refractivity contribution in [2.75, 3.05) is 0 Å². The molecule has 0 aliphatic rings. The molecule has 2 aromatic rings. The van der Waals surface area contributed by atoms with E-state index >= 15 is 0 Å². The standard InChI is InChI=1S/C17H22BrNS/c1-12(10-15-5-7-16(18)8-6-15)19-13(2)11-17-9-4-14(3)20-17/h4-9,12-13,19H,10-11H2,1-3H3. The lowest BCUT2D eigenvalue weighted by atomic mass is 10.1. The molecule has 0 bridgehead atoms. The molecule has 0 aliphatic carbocycles. The average molecular weight is 352 g/mol. The number of rotatable bonds is 6. The minimum atomic E-state index is 0.493. The fourth-order valence-electron chi connectivity index (χ4n) is 2.47. The molecule has 1 heterocycles. The van der Waals surface area contributed by atoms with Crippen LogP contribution in [0.1, 0.15) is 29.2 Å². The third kappa shape index (κ3) is 5.04. The molecule has 1 N–H and O–H groups in total. The molecule has 0 radical (unpaired) electrons. The van der Waals surface area contributed by atoms with Crippen LogP contribution in [0.15, 0.2) is 40.9 Å². The van der Waals surface area contributed by atoms with Crippen molar-refractivity contribution in [3.8, 4) is 0 Å². The van der Waals surface area contributed by atoms with Gasteiger partial charge in [-0.15, -0.1) is 11.3 Å². The van der Waals surface area contributed by atoms with Gasteiger partial charge in [-0.1, -0.05) is 28.1 Å². The van der Waals surface area contributed by atoms with E-state index in [1.165, 1.54) is 15.3 Å². The van der Waals surface area contributed by atoms with Gasteiger partial charge >= 0.3 is 0 Å². The van der Waals surface area contributed by atoms with Crippen LogP contribution in [-0.2, 0) is 12.8 Å². The Morgan fingerprint density at radius 3 is 2.25 bits per heavy atom. The normalized spacial score (nSPS) is 14.2. The van der Waals surface area contributed by atoms with Gasteiger partial charge in [-0.3, -0.25) is 0 Å². The molecular formula is C17H22BrNS. The zero-order valence-corrected chi connectivity index (χ0v) is 14.7. The van der Waals surface area contributed by atoms with Gasteiger partial charge in [-0.2, -0.15) is 0 Å². The summed E-state index contributed by atoms with van der Waals surface area (Å²) in [5, 5.41) is 3.70. The monoisotopic (exact) mass is 351 g/mol. The van der Waals surface area contributed by atoms with Gasteiger partial charge in [0, 0.05) is 26.3 Å². The largest absolute Gasteiger partial charge is 0.311 e. The minimum absolute atomic E-state index is 0.493. The summed E-state index contributed by atoms with van der Waals surface area (Å²) in [5.74, 6) is 0. The van der Waals surface area contributed by atoms with Gasteiger partial charge in [0.05, 0.1) is 0 Å². The number of nitrogens with one attached hydrogen (secondary N) is 1. The number of hydrogen-bond acceptors (Lipinski definition) is 2. The smallest absolute Gasteiger partial charge is 0.0175 e. The molecule has 0 saturated heterocycles. The second kappa shape index (κ2) is 7.39. The Hall–Kier alpha value is -0.640. The molecule has 0 spiro atoms. The summed E-state index contributed by atoms with van der Waals surface area (Å²) in [7, 11) is 0.